The van der Waals surface area contributed by atoms with Gasteiger partial charge in [0.05, 0.1) is 0 Å². The van der Waals surface area contributed by atoms with E-state index in [2.05, 4.69) is 42.3 Å². The Morgan fingerprint density at radius 1 is 1.04 bits per heavy atom. The first kappa shape index (κ1) is 18.3. The average Bonchev–Trinajstić information content (AvgIpc) is 2.66. The number of carbonyl (C=O) groups is 1. The van der Waals surface area contributed by atoms with Crippen molar-refractivity contribution in [3.63, 3.8) is 0 Å². The highest BCUT2D eigenvalue weighted by Crippen LogP contribution is 2.23. The van der Waals surface area contributed by atoms with Gasteiger partial charge in [-0.3, -0.25) is 0 Å². The molecule has 136 valence electrons. The molecule has 0 aromatic heterocycles. The third-order valence-electron chi connectivity index (χ3n) is 4.84. The average molecular weight is 370 g/mol. The van der Waals surface area contributed by atoms with Crippen molar-refractivity contribution < 1.29 is 4.79 Å². The molecule has 0 atom stereocenters. The second-order valence-corrected chi connectivity index (χ2v) is 6.96. The molecule has 26 heavy (non-hydrogen) atoms. The summed E-state index contributed by atoms with van der Waals surface area (Å²) < 4.78 is 0. The number of halogens is 1. The number of nitrogens with zero attached hydrogens (tertiary/aromatic N) is 2. The summed E-state index contributed by atoms with van der Waals surface area (Å²) in [4.78, 5) is 16.5. The summed E-state index contributed by atoms with van der Waals surface area (Å²) in [5.41, 5.74) is 4.88. The van der Waals surface area contributed by atoms with Gasteiger partial charge in [0.15, 0.2) is 0 Å². The minimum Gasteiger partial charge on any atom is -0.368 e. The number of nitrogens with one attached hydrogen (secondary N) is 1. The van der Waals surface area contributed by atoms with E-state index in [1.165, 1.54) is 16.8 Å². The highest BCUT2D eigenvalue weighted by Gasteiger charge is 2.21. The van der Waals surface area contributed by atoms with E-state index in [4.69, 9.17) is 11.6 Å². The van der Waals surface area contributed by atoms with Gasteiger partial charge in [0.25, 0.3) is 0 Å². The van der Waals surface area contributed by atoms with Gasteiger partial charge < -0.3 is 15.1 Å². The minimum absolute atomic E-state index is 0.0594. The van der Waals surface area contributed by atoms with Gasteiger partial charge in [-0.1, -0.05) is 35.9 Å². The van der Waals surface area contributed by atoms with Gasteiger partial charge in [-0.25, -0.2) is 4.79 Å². The number of amides is 2. The van der Waals surface area contributed by atoms with E-state index >= 15 is 0 Å². The molecule has 0 aliphatic carbocycles. The summed E-state index contributed by atoms with van der Waals surface area (Å²) in [6.07, 6.45) is 3.54. The summed E-state index contributed by atoms with van der Waals surface area (Å²) in [6, 6.07) is 13.8. The van der Waals surface area contributed by atoms with Crippen LogP contribution in [0.2, 0.25) is 5.02 Å². The predicted molar refractivity (Wildman–Crippen MR) is 109 cm³/mol. The van der Waals surface area contributed by atoms with Crippen LogP contribution in [0.1, 0.15) is 16.7 Å². The van der Waals surface area contributed by atoms with Crippen LogP contribution in [0.4, 0.5) is 10.5 Å². The number of benzene rings is 2. The predicted octanol–water partition coefficient (Wildman–Crippen LogP) is 4.46. The molecule has 1 aliphatic rings. The topological polar surface area (TPSA) is 35.6 Å². The van der Waals surface area contributed by atoms with Crippen molar-refractivity contribution in [2.45, 2.75) is 13.8 Å². The second-order valence-electron chi connectivity index (χ2n) is 6.53. The first-order valence-corrected chi connectivity index (χ1v) is 9.21. The summed E-state index contributed by atoms with van der Waals surface area (Å²) >= 11 is 5.87. The molecule has 1 N–H and O–H groups in total. The highest BCUT2D eigenvalue weighted by atomic mass is 35.5. The van der Waals surface area contributed by atoms with Crippen molar-refractivity contribution in [1.29, 1.82) is 0 Å². The normalized spacial score (nSPS) is 14.7. The van der Waals surface area contributed by atoms with E-state index in [0.29, 0.717) is 18.1 Å². The molecule has 0 radical (unpaired) electrons. The Labute approximate surface area is 160 Å². The van der Waals surface area contributed by atoms with Crippen molar-refractivity contribution >= 4 is 29.4 Å². The van der Waals surface area contributed by atoms with E-state index in [9.17, 15) is 4.79 Å². The lowest BCUT2D eigenvalue weighted by Crippen LogP contribution is -2.51. The summed E-state index contributed by atoms with van der Waals surface area (Å²) in [5, 5.41) is 3.55. The Kier molecular flexibility index (Phi) is 5.84. The van der Waals surface area contributed by atoms with Crippen LogP contribution in [0.3, 0.4) is 0 Å². The molecule has 0 bridgehead atoms. The van der Waals surface area contributed by atoms with Crippen molar-refractivity contribution in [1.82, 2.24) is 10.2 Å². The first-order chi connectivity index (χ1) is 12.5. The number of rotatable bonds is 3. The van der Waals surface area contributed by atoms with E-state index in [-0.39, 0.29) is 6.03 Å². The molecule has 2 amide bonds. The van der Waals surface area contributed by atoms with Crippen LogP contribution in [0.15, 0.2) is 48.7 Å². The van der Waals surface area contributed by atoms with Gasteiger partial charge in [-0.15, -0.1) is 0 Å². The molecule has 0 saturated carbocycles. The number of aryl methyl sites for hydroxylation is 1. The molecule has 0 unspecified atom stereocenters. The first-order valence-electron chi connectivity index (χ1n) is 8.83. The van der Waals surface area contributed by atoms with E-state index in [1.807, 2.05) is 35.2 Å². The molecule has 1 aliphatic heterocycles. The lowest BCUT2D eigenvalue weighted by molar-refractivity contribution is 0.198. The molecular formula is C21H24ClN3O. The second kappa shape index (κ2) is 8.28. The smallest absolute Gasteiger partial charge is 0.321 e. The molecule has 0 spiro atoms. The fourth-order valence-corrected chi connectivity index (χ4v) is 3.23. The highest BCUT2D eigenvalue weighted by molar-refractivity contribution is 6.30. The van der Waals surface area contributed by atoms with E-state index in [1.54, 1.807) is 6.20 Å². The van der Waals surface area contributed by atoms with Crippen molar-refractivity contribution in [3.8, 4) is 0 Å². The minimum atomic E-state index is -0.0594. The van der Waals surface area contributed by atoms with Gasteiger partial charge in [-0.05, 0) is 54.8 Å². The number of urea groups is 1. The molecular weight excluding hydrogens is 346 g/mol. The molecule has 1 saturated heterocycles. The van der Waals surface area contributed by atoms with Crippen LogP contribution < -0.4 is 10.2 Å². The third kappa shape index (κ3) is 4.38. The third-order valence-corrected chi connectivity index (χ3v) is 5.09. The monoisotopic (exact) mass is 369 g/mol. The zero-order valence-corrected chi connectivity index (χ0v) is 16.0. The van der Waals surface area contributed by atoms with E-state index in [0.717, 1.165) is 18.7 Å². The quantitative estimate of drug-likeness (QED) is 0.867. The maximum Gasteiger partial charge on any atom is 0.321 e. The van der Waals surface area contributed by atoms with Gasteiger partial charge in [0.1, 0.15) is 0 Å². The van der Waals surface area contributed by atoms with Gasteiger partial charge >= 0.3 is 6.03 Å². The Bertz CT molecular complexity index is 793. The zero-order valence-electron chi connectivity index (χ0n) is 15.2. The lowest BCUT2D eigenvalue weighted by Gasteiger charge is -2.36. The van der Waals surface area contributed by atoms with E-state index < -0.39 is 0 Å². The van der Waals surface area contributed by atoms with Gasteiger partial charge in [-0.2, -0.15) is 0 Å². The van der Waals surface area contributed by atoms with Crippen LogP contribution >= 0.6 is 11.6 Å². The Morgan fingerprint density at radius 3 is 2.42 bits per heavy atom. The maximum atomic E-state index is 12.3. The fraction of sp³-hybridized carbons (Fsp3) is 0.286. The summed E-state index contributed by atoms with van der Waals surface area (Å²) in [5.74, 6) is 0. The molecule has 2 aromatic rings. The van der Waals surface area contributed by atoms with Crippen LogP contribution in [-0.4, -0.2) is 37.1 Å². The summed E-state index contributed by atoms with van der Waals surface area (Å²) in [6.45, 7) is 7.42. The van der Waals surface area contributed by atoms with Crippen LogP contribution in [0.25, 0.3) is 6.08 Å². The Hall–Kier alpha value is -2.46. The Balaban J connectivity index is 1.52. The molecule has 2 aromatic carbocycles. The number of hydrogen-bond acceptors (Lipinski definition) is 2. The Morgan fingerprint density at radius 2 is 1.73 bits per heavy atom. The summed E-state index contributed by atoms with van der Waals surface area (Å²) in [7, 11) is 0. The van der Waals surface area contributed by atoms with Gasteiger partial charge in [0.2, 0.25) is 0 Å². The number of piperazine rings is 1. The molecule has 4 nitrogen and oxygen atoms in total. The molecule has 1 fully saturated rings. The largest absolute Gasteiger partial charge is 0.368 e. The van der Waals surface area contributed by atoms with Crippen molar-refractivity contribution in [2.24, 2.45) is 0 Å². The number of hydrogen-bond donors (Lipinski definition) is 1. The maximum absolute atomic E-state index is 12.3. The van der Waals surface area contributed by atoms with Crippen molar-refractivity contribution in [3.05, 3.63) is 70.4 Å². The zero-order chi connectivity index (χ0) is 18.5. The van der Waals surface area contributed by atoms with Crippen LogP contribution in [0.5, 0.6) is 0 Å². The molecule has 5 heteroatoms. The van der Waals surface area contributed by atoms with Crippen molar-refractivity contribution in [2.75, 3.05) is 31.1 Å². The van der Waals surface area contributed by atoms with Gasteiger partial charge in [0, 0.05) is 43.1 Å². The lowest BCUT2D eigenvalue weighted by atomic mass is 10.1. The number of carbonyl (C=O) groups excluding carboxylic acids is 1. The standard InChI is InChI=1S/C21H24ClN3O/c1-16-4-3-5-20(17(16)2)24-12-14-25(15-13-24)21(26)23-11-10-18-6-8-19(22)9-7-18/h3-11H,12-15H2,1-2H3,(H,23,26)/b11-10+. The molecule has 1 heterocycles. The molecule has 3 rings (SSSR count). The van der Waals surface area contributed by atoms with Crippen LogP contribution in [-0.2, 0) is 0 Å². The fourth-order valence-electron chi connectivity index (χ4n) is 3.10. The van der Waals surface area contributed by atoms with Crippen LogP contribution in [0, 0.1) is 13.8 Å². The number of anilines is 1. The SMILES string of the molecule is Cc1cccc(N2CCN(C(=O)N/C=C/c3ccc(Cl)cc3)CC2)c1C.